The van der Waals surface area contributed by atoms with Crippen LogP contribution in [0.25, 0.3) is 0 Å². The van der Waals surface area contributed by atoms with E-state index in [0.29, 0.717) is 18.7 Å². The molecule has 1 atom stereocenters. The van der Waals surface area contributed by atoms with Crippen molar-refractivity contribution in [2.75, 3.05) is 6.54 Å². The molecule has 0 spiro atoms. The average molecular weight is 318 g/mol. The molecule has 1 nitrogen and oxygen atoms in total. The van der Waals surface area contributed by atoms with Crippen LogP contribution >= 0.6 is 11.6 Å². The first-order valence-corrected chi connectivity index (χ1v) is 6.65. The maximum Gasteiger partial charge on any atom is 0.134 e. The Hall–Kier alpha value is -1.59. The van der Waals surface area contributed by atoms with E-state index in [4.69, 9.17) is 11.6 Å². The van der Waals surface area contributed by atoms with Crippen molar-refractivity contribution in [1.29, 1.82) is 0 Å². The molecule has 1 unspecified atom stereocenters. The molecule has 0 heterocycles. The lowest BCUT2D eigenvalue weighted by Gasteiger charge is -2.21. The summed E-state index contributed by atoms with van der Waals surface area (Å²) in [6.07, 6.45) is 0. The molecule has 0 bridgehead atoms. The lowest BCUT2D eigenvalue weighted by Crippen LogP contribution is -2.25. The number of rotatable bonds is 4. The van der Waals surface area contributed by atoms with Gasteiger partial charge in [-0.05, 0) is 18.7 Å². The Morgan fingerprint density at radius 3 is 2.14 bits per heavy atom. The molecule has 0 radical (unpaired) electrons. The van der Waals surface area contributed by atoms with E-state index < -0.39 is 34.9 Å². The molecule has 1 N–H and O–H groups in total. The van der Waals surface area contributed by atoms with Crippen LogP contribution in [0.3, 0.4) is 0 Å². The van der Waals surface area contributed by atoms with Crippen molar-refractivity contribution in [3.8, 4) is 0 Å². The highest BCUT2D eigenvalue weighted by atomic mass is 35.5. The number of hydrogen-bond donors (Lipinski definition) is 1. The molecule has 0 aliphatic heterocycles. The number of benzene rings is 2. The molecule has 112 valence electrons. The zero-order valence-electron chi connectivity index (χ0n) is 11.1. The highest BCUT2D eigenvalue weighted by Crippen LogP contribution is 2.33. The summed E-state index contributed by atoms with van der Waals surface area (Å²) in [5, 5.41) is 2.80. The molecule has 21 heavy (non-hydrogen) atoms. The highest BCUT2D eigenvalue weighted by Gasteiger charge is 2.26. The molecule has 0 fully saturated rings. The predicted molar refractivity (Wildman–Crippen MR) is 73.2 cm³/mol. The van der Waals surface area contributed by atoms with Gasteiger partial charge in [-0.1, -0.05) is 24.6 Å². The van der Waals surface area contributed by atoms with Gasteiger partial charge >= 0.3 is 0 Å². The van der Waals surface area contributed by atoms with Crippen LogP contribution in [0.4, 0.5) is 17.6 Å². The monoisotopic (exact) mass is 317 g/mol. The van der Waals surface area contributed by atoms with Gasteiger partial charge in [0, 0.05) is 28.3 Å². The van der Waals surface area contributed by atoms with Crippen molar-refractivity contribution < 1.29 is 17.6 Å². The number of halogens is 5. The van der Waals surface area contributed by atoms with E-state index in [9.17, 15) is 17.6 Å². The fourth-order valence-corrected chi connectivity index (χ4v) is 2.44. The Morgan fingerprint density at radius 2 is 1.62 bits per heavy atom. The van der Waals surface area contributed by atoms with Crippen molar-refractivity contribution in [3.05, 3.63) is 69.8 Å². The first-order chi connectivity index (χ1) is 9.95. The SMILES string of the molecule is CCNC(c1c(F)cc(F)cc1F)c1c(F)cccc1Cl. The first kappa shape index (κ1) is 15.8. The van der Waals surface area contributed by atoms with Crippen molar-refractivity contribution in [1.82, 2.24) is 5.32 Å². The van der Waals surface area contributed by atoms with Gasteiger partial charge in [0.15, 0.2) is 0 Å². The maximum atomic E-state index is 14.0. The van der Waals surface area contributed by atoms with Crippen molar-refractivity contribution in [2.45, 2.75) is 13.0 Å². The van der Waals surface area contributed by atoms with E-state index in [0.717, 1.165) is 6.07 Å². The normalized spacial score (nSPS) is 12.5. The van der Waals surface area contributed by atoms with Gasteiger partial charge in [-0.25, -0.2) is 17.6 Å². The lowest BCUT2D eigenvalue weighted by atomic mass is 9.96. The molecule has 2 rings (SSSR count). The summed E-state index contributed by atoms with van der Waals surface area (Å²) in [6.45, 7) is 2.01. The number of nitrogens with one attached hydrogen (secondary N) is 1. The zero-order chi connectivity index (χ0) is 15.6. The summed E-state index contributed by atoms with van der Waals surface area (Å²) >= 11 is 5.95. The molecule has 0 aliphatic rings. The van der Waals surface area contributed by atoms with Gasteiger partial charge in [0.2, 0.25) is 0 Å². The van der Waals surface area contributed by atoms with Crippen LogP contribution < -0.4 is 5.32 Å². The summed E-state index contributed by atoms with van der Waals surface area (Å²) in [5.41, 5.74) is -0.546. The van der Waals surface area contributed by atoms with Gasteiger partial charge in [0.1, 0.15) is 23.3 Å². The molecular formula is C15H12ClF4N. The molecular weight excluding hydrogens is 306 g/mol. The molecule has 0 saturated heterocycles. The van der Waals surface area contributed by atoms with Gasteiger partial charge in [-0.3, -0.25) is 0 Å². The minimum atomic E-state index is -1.15. The summed E-state index contributed by atoms with van der Waals surface area (Å²) < 4.78 is 54.9. The molecule has 6 heteroatoms. The summed E-state index contributed by atoms with van der Waals surface area (Å²) in [4.78, 5) is 0. The third-order valence-electron chi connectivity index (χ3n) is 3.03. The Balaban J connectivity index is 2.65. The van der Waals surface area contributed by atoms with E-state index in [1.807, 2.05) is 0 Å². The topological polar surface area (TPSA) is 12.0 Å². The van der Waals surface area contributed by atoms with Crippen LogP contribution in [0.1, 0.15) is 24.1 Å². The molecule has 0 aromatic heterocycles. The third-order valence-corrected chi connectivity index (χ3v) is 3.36. The van der Waals surface area contributed by atoms with E-state index in [2.05, 4.69) is 5.32 Å². The molecule has 0 saturated carbocycles. The van der Waals surface area contributed by atoms with Gasteiger partial charge < -0.3 is 5.32 Å². The van der Waals surface area contributed by atoms with E-state index in [1.165, 1.54) is 12.1 Å². The zero-order valence-corrected chi connectivity index (χ0v) is 11.8. The van der Waals surface area contributed by atoms with Crippen LogP contribution in [0.15, 0.2) is 30.3 Å². The van der Waals surface area contributed by atoms with Crippen LogP contribution in [-0.4, -0.2) is 6.54 Å². The molecule has 0 aliphatic carbocycles. The average Bonchev–Trinajstić information content (AvgIpc) is 2.37. The second-order valence-corrected chi connectivity index (χ2v) is 4.82. The molecule has 0 amide bonds. The minimum Gasteiger partial charge on any atom is -0.306 e. The van der Waals surface area contributed by atoms with E-state index >= 15 is 0 Å². The van der Waals surface area contributed by atoms with Crippen LogP contribution in [-0.2, 0) is 0 Å². The Kier molecular flexibility index (Phi) is 4.85. The fourth-order valence-electron chi connectivity index (χ4n) is 2.17. The fraction of sp³-hybridized carbons (Fsp3) is 0.200. The standard InChI is InChI=1S/C15H12ClF4N/c1-2-21-15(13-9(16)4-3-5-10(13)18)14-11(19)6-8(17)7-12(14)20/h3-7,15,21H,2H2,1H3. The predicted octanol–water partition coefficient (Wildman–Crippen LogP) is 4.60. The minimum absolute atomic E-state index is 0.0316. The third kappa shape index (κ3) is 3.19. The van der Waals surface area contributed by atoms with E-state index in [1.54, 1.807) is 6.92 Å². The highest BCUT2D eigenvalue weighted by molar-refractivity contribution is 6.31. The second kappa shape index (κ2) is 6.45. The second-order valence-electron chi connectivity index (χ2n) is 4.41. The van der Waals surface area contributed by atoms with E-state index in [-0.39, 0.29) is 10.6 Å². The summed E-state index contributed by atoms with van der Waals surface area (Å²) in [6, 6.07) is 3.91. The van der Waals surface area contributed by atoms with Crippen molar-refractivity contribution in [3.63, 3.8) is 0 Å². The summed E-state index contributed by atoms with van der Waals surface area (Å²) in [5.74, 6) is -3.93. The van der Waals surface area contributed by atoms with Crippen LogP contribution in [0.2, 0.25) is 5.02 Å². The maximum absolute atomic E-state index is 14.0. The Labute approximate surface area is 124 Å². The van der Waals surface area contributed by atoms with Crippen molar-refractivity contribution in [2.24, 2.45) is 0 Å². The first-order valence-electron chi connectivity index (χ1n) is 6.27. The van der Waals surface area contributed by atoms with Gasteiger partial charge in [0.25, 0.3) is 0 Å². The molecule has 2 aromatic carbocycles. The van der Waals surface area contributed by atoms with Gasteiger partial charge in [-0.15, -0.1) is 0 Å². The summed E-state index contributed by atoms with van der Waals surface area (Å²) in [7, 11) is 0. The van der Waals surface area contributed by atoms with Crippen LogP contribution in [0.5, 0.6) is 0 Å². The Morgan fingerprint density at radius 1 is 1.00 bits per heavy atom. The van der Waals surface area contributed by atoms with Gasteiger partial charge in [-0.2, -0.15) is 0 Å². The Bertz CT molecular complexity index is 617. The van der Waals surface area contributed by atoms with Gasteiger partial charge in [0.05, 0.1) is 6.04 Å². The largest absolute Gasteiger partial charge is 0.306 e. The number of hydrogen-bond acceptors (Lipinski definition) is 1. The lowest BCUT2D eigenvalue weighted by molar-refractivity contribution is 0.482. The quantitative estimate of drug-likeness (QED) is 0.813. The smallest absolute Gasteiger partial charge is 0.134 e. The molecule has 2 aromatic rings. The van der Waals surface area contributed by atoms with Crippen LogP contribution in [0, 0.1) is 23.3 Å². The van der Waals surface area contributed by atoms with Crippen molar-refractivity contribution >= 4 is 11.6 Å².